The third-order valence-corrected chi connectivity index (χ3v) is 3.14. The Morgan fingerprint density at radius 1 is 1.26 bits per heavy atom. The van der Waals surface area contributed by atoms with Gasteiger partial charge in [0.2, 0.25) is 5.91 Å². The minimum absolute atomic E-state index is 0.108. The molecular formula is C14H14N4O. The molecule has 5 heteroatoms. The largest absolute Gasteiger partial charge is 0.321 e. The number of carbonyl (C=O) groups is 1. The molecule has 2 aromatic rings. The molecule has 0 bridgehead atoms. The second-order valence-corrected chi connectivity index (χ2v) is 4.51. The number of nitrogens with zero attached hydrogens (tertiary/aromatic N) is 3. The topological polar surface area (TPSA) is 59.3 Å². The number of benzene rings is 1. The molecule has 0 spiro atoms. The molecule has 19 heavy (non-hydrogen) atoms. The molecule has 1 N–H and O–H groups in total. The number of hydrogen-bond acceptors (Lipinski definition) is 3. The highest BCUT2D eigenvalue weighted by Gasteiger charge is 2.23. The van der Waals surface area contributed by atoms with Crippen molar-refractivity contribution in [3.05, 3.63) is 47.3 Å². The van der Waals surface area contributed by atoms with Crippen molar-refractivity contribution >= 4 is 17.3 Å². The van der Waals surface area contributed by atoms with E-state index in [-0.39, 0.29) is 12.5 Å². The first kappa shape index (κ1) is 11.6. The van der Waals surface area contributed by atoms with Crippen LogP contribution < -0.4 is 5.32 Å². The molecule has 0 fully saturated rings. The fourth-order valence-electron chi connectivity index (χ4n) is 2.31. The summed E-state index contributed by atoms with van der Waals surface area (Å²) in [7, 11) is 1.86. The second kappa shape index (κ2) is 4.35. The van der Waals surface area contributed by atoms with Gasteiger partial charge < -0.3 is 5.32 Å². The number of amides is 1. The molecule has 96 valence electrons. The van der Waals surface area contributed by atoms with Crippen molar-refractivity contribution < 1.29 is 4.79 Å². The molecule has 1 aromatic heterocycles. The van der Waals surface area contributed by atoms with Gasteiger partial charge in [0.15, 0.2) is 0 Å². The zero-order valence-electron chi connectivity index (χ0n) is 10.8. The third-order valence-electron chi connectivity index (χ3n) is 3.14. The predicted molar refractivity (Wildman–Crippen MR) is 73.5 cm³/mol. The molecule has 0 atom stereocenters. The van der Waals surface area contributed by atoms with Crippen LogP contribution in [0.1, 0.15) is 17.0 Å². The van der Waals surface area contributed by atoms with Crippen molar-refractivity contribution in [3.8, 4) is 0 Å². The summed E-state index contributed by atoms with van der Waals surface area (Å²) in [6, 6.07) is 9.85. The van der Waals surface area contributed by atoms with E-state index in [1.165, 1.54) is 0 Å². The highest BCUT2D eigenvalue weighted by molar-refractivity contribution is 6.18. The summed E-state index contributed by atoms with van der Waals surface area (Å²) in [5.74, 6) is -0.108. The minimum Gasteiger partial charge on any atom is -0.321 e. The standard InChI is InChI=1S/C14H14N4O/c1-9-12-14(18(2)17-9)13(15-8-11(19)16-12)10-6-4-3-5-7-10/h3-7H,8H2,1-2H3,(H,16,19). The lowest BCUT2D eigenvalue weighted by atomic mass is 10.1. The van der Waals surface area contributed by atoms with Gasteiger partial charge in [-0.05, 0) is 6.92 Å². The van der Waals surface area contributed by atoms with Crippen LogP contribution in [0, 0.1) is 6.92 Å². The number of hydrogen-bond donors (Lipinski definition) is 1. The van der Waals surface area contributed by atoms with Gasteiger partial charge in [-0.3, -0.25) is 14.5 Å². The van der Waals surface area contributed by atoms with Gasteiger partial charge in [-0.2, -0.15) is 5.10 Å². The number of rotatable bonds is 1. The van der Waals surface area contributed by atoms with Gasteiger partial charge >= 0.3 is 0 Å². The molecule has 1 aliphatic rings. The molecular weight excluding hydrogens is 240 g/mol. The van der Waals surface area contributed by atoms with E-state index in [1.54, 1.807) is 4.68 Å². The fourth-order valence-corrected chi connectivity index (χ4v) is 2.31. The Hall–Kier alpha value is -2.43. The summed E-state index contributed by atoms with van der Waals surface area (Å²) in [5.41, 5.74) is 4.21. The van der Waals surface area contributed by atoms with Crippen LogP contribution in [0.5, 0.6) is 0 Å². The van der Waals surface area contributed by atoms with Crippen LogP contribution in [0.4, 0.5) is 5.69 Å². The number of aliphatic imine (C=N–C) groups is 1. The van der Waals surface area contributed by atoms with Crippen LogP contribution in [0.3, 0.4) is 0 Å². The highest BCUT2D eigenvalue weighted by Crippen LogP contribution is 2.25. The molecule has 0 saturated carbocycles. The Kier molecular flexibility index (Phi) is 2.67. The first-order valence-corrected chi connectivity index (χ1v) is 6.10. The summed E-state index contributed by atoms with van der Waals surface area (Å²) in [5, 5.41) is 7.24. The number of aromatic nitrogens is 2. The van der Waals surface area contributed by atoms with Crippen molar-refractivity contribution in [2.24, 2.45) is 12.0 Å². The van der Waals surface area contributed by atoms with Gasteiger partial charge in [0, 0.05) is 12.6 Å². The Morgan fingerprint density at radius 3 is 2.74 bits per heavy atom. The van der Waals surface area contributed by atoms with Gasteiger partial charge in [0.05, 0.1) is 17.1 Å². The Balaban J connectivity index is 2.23. The second-order valence-electron chi connectivity index (χ2n) is 4.51. The SMILES string of the molecule is Cc1nn(C)c2c1NC(=O)CN=C2c1ccccc1. The van der Waals surface area contributed by atoms with Gasteiger partial charge in [-0.15, -0.1) is 0 Å². The van der Waals surface area contributed by atoms with Gasteiger partial charge in [0.1, 0.15) is 12.2 Å². The van der Waals surface area contributed by atoms with E-state index in [1.807, 2.05) is 44.3 Å². The van der Waals surface area contributed by atoms with E-state index >= 15 is 0 Å². The minimum atomic E-state index is -0.108. The van der Waals surface area contributed by atoms with Crippen molar-refractivity contribution in [2.45, 2.75) is 6.92 Å². The van der Waals surface area contributed by atoms with Crippen molar-refractivity contribution in [2.75, 3.05) is 11.9 Å². The smallest absolute Gasteiger partial charge is 0.246 e. The van der Waals surface area contributed by atoms with Gasteiger partial charge in [-0.1, -0.05) is 30.3 Å². The summed E-state index contributed by atoms with van der Waals surface area (Å²) in [6.45, 7) is 2.02. The quantitative estimate of drug-likeness (QED) is 0.838. The molecule has 0 unspecified atom stereocenters. The van der Waals surface area contributed by atoms with Crippen LogP contribution in [-0.2, 0) is 11.8 Å². The monoisotopic (exact) mass is 254 g/mol. The number of aryl methyl sites for hydroxylation is 2. The number of carbonyl (C=O) groups excluding carboxylic acids is 1. The molecule has 1 aromatic carbocycles. The molecule has 0 saturated heterocycles. The van der Waals surface area contributed by atoms with E-state index in [0.29, 0.717) is 0 Å². The fraction of sp³-hybridized carbons (Fsp3) is 0.214. The summed E-state index contributed by atoms with van der Waals surface area (Å²) in [4.78, 5) is 16.2. The summed E-state index contributed by atoms with van der Waals surface area (Å²) in [6.07, 6.45) is 0. The summed E-state index contributed by atoms with van der Waals surface area (Å²) >= 11 is 0. The van der Waals surface area contributed by atoms with E-state index in [2.05, 4.69) is 15.4 Å². The van der Waals surface area contributed by atoms with Crippen molar-refractivity contribution in [1.82, 2.24) is 9.78 Å². The lowest BCUT2D eigenvalue weighted by Gasteiger charge is -2.07. The molecule has 0 radical (unpaired) electrons. The average molecular weight is 254 g/mol. The van der Waals surface area contributed by atoms with Crippen LogP contribution in [0.25, 0.3) is 0 Å². The van der Waals surface area contributed by atoms with Crippen molar-refractivity contribution in [1.29, 1.82) is 0 Å². The normalized spacial score (nSPS) is 14.4. The lowest BCUT2D eigenvalue weighted by molar-refractivity contribution is -0.114. The van der Waals surface area contributed by atoms with Crippen molar-refractivity contribution in [3.63, 3.8) is 0 Å². The number of anilines is 1. The number of fused-ring (bicyclic) bond motifs is 1. The lowest BCUT2D eigenvalue weighted by Crippen LogP contribution is -2.13. The molecule has 1 aliphatic heterocycles. The van der Waals surface area contributed by atoms with Gasteiger partial charge in [0.25, 0.3) is 0 Å². The predicted octanol–water partition coefficient (Wildman–Crippen LogP) is 1.52. The Morgan fingerprint density at radius 2 is 2.00 bits per heavy atom. The number of nitrogens with one attached hydrogen (secondary N) is 1. The molecule has 2 heterocycles. The van der Waals surface area contributed by atoms with E-state index < -0.39 is 0 Å². The van der Waals surface area contributed by atoms with E-state index in [4.69, 9.17) is 0 Å². The molecule has 0 aliphatic carbocycles. The summed E-state index contributed by atoms with van der Waals surface area (Å²) < 4.78 is 1.77. The zero-order chi connectivity index (χ0) is 13.4. The first-order valence-electron chi connectivity index (χ1n) is 6.10. The maximum atomic E-state index is 11.7. The average Bonchev–Trinajstić information content (AvgIpc) is 2.60. The molecule has 5 nitrogen and oxygen atoms in total. The van der Waals surface area contributed by atoms with Crippen LogP contribution in [0.15, 0.2) is 35.3 Å². The third kappa shape index (κ3) is 1.93. The maximum absolute atomic E-state index is 11.7. The Labute approximate surface area is 111 Å². The Bertz CT molecular complexity index is 670. The molecule has 1 amide bonds. The highest BCUT2D eigenvalue weighted by atomic mass is 16.1. The van der Waals surface area contributed by atoms with Gasteiger partial charge in [-0.25, -0.2) is 0 Å². The van der Waals surface area contributed by atoms with Crippen LogP contribution in [-0.4, -0.2) is 27.9 Å². The van der Waals surface area contributed by atoms with Crippen LogP contribution in [0.2, 0.25) is 0 Å². The molecule has 3 rings (SSSR count). The van der Waals surface area contributed by atoms with E-state index in [9.17, 15) is 4.79 Å². The maximum Gasteiger partial charge on any atom is 0.246 e. The van der Waals surface area contributed by atoms with E-state index in [0.717, 1.165) is 28.4 Å². The first-order chi connectivity index (χ1) is 9.16. The zero-order valence-corrected chi connectivity index (χ0v) is 10.8. The van der Waals surface area contributed by atoms with Crippen LogP contribution >= 0.6 is 0 Å².